The molecule has 94 valence electrons. The maximum atomic E-state index is 5.14. The van der Waals surface area contributed by atoms with Gasteiger partial charge in [0.2, 0.25) is 11.8 Å². The van der Waals surface area contributed by atoms with Crippen LogP contribution >= 0.6 is 0 Å². The topological polar surface area (TPSA) is 65.3 Å². The van der Waals surface area contributed by atoms with Gasteiger partial charge in [0, 0.05) is 0 Å². The van der Waals surface area contributed by atoms with E-state index in [-0.39, 0.29) is 0 Å². The number of piperazine rings is 1. The second kappa shape index (κ2) is 5.79. The molecule has 1 aliphatic rings. The van der Waals surface area contributed by atoms with Crippen molar-refractivity contribution in [2.45, 2.75) is 6.54 Å². The maximum absolute atomic E-state index is 5.14. The number of quaternary nitrogens is 2. The van der Waals surface area contributed by atoms with Crippen LogP contribution in [0.1, 0.15) is 5.82 Å². The van der Waals surface area contributed by atoms with Crippen LogP contribution in [0.3, 0.4) is 0 Å². The van der Waals surface area contributed by atoms with Gasteiger partial charge in [-0.15, -0.1) is 0 Å². The van der Waals surface area contributed by atoms with Crippen molar-refractivity contribution in [3.05, 3.63) is 11.9 Å². The summed E-state index contributed by atoms with van der Waals surface area (Å²) in [5.74, 6) is 1.92. The smallest absolute Gasteiger partial charge is 0.220 e. The van der Waals surface area contributed by atoms with Crippen LogP contribution in [-0.4, -0.2) is 50.4 Å². The molecular formula is C11H20N4O2+2. The highest BCUT2D eigenvalue weighted by Gasteiger charge is 2.18. The van der Waals surface area contributed by atoms with Gasteiger partial charge in [0.1, 0.15) is 32.7 Å². The van der Waals surface area contributed by atoms with Crippen molar-refractivity contribution in [2.75, 3.05) is 40.4 Å². The summed E-state index contributed by atoms with van der Waals surface area (Å²) in [4.78, 5) is 10.2. The molecular weight excluding hydrogens is 220 g/mol. The van der Waals surface area contributed by atoms with Gasteiger partial charge < -0.3 is 19.7 Å². The zero-order chi connectivity index (χ0) is 12.1. The molecule has 0 amide bonds. The fourth-order valence-corrected chi connectivity index (χ4v) is 2.02. The van der Waals surface area contributed by atoms with E-state index in [4.69, 9.17) is 9.47 Å². The first-order chi connectivity index (χ1) is 8.31. The Bertz CT molecular complexity index is 344. The van der Waals surface area contributed by atoms with Crippen molar-refractivity contribution in [2.24, 2.45) is 0 Å². The molecule has 0 aromatic carbocycles. The molecule has 0 radical (unpaired) electrons. The number of ether oxygens (including phenoxy) is 2. The Morgan fingerprint density at radius 3 is 2.29 bits per heavy atom. The number of rotatable bonds is 4. The second-order valence-corrected chi connectivity index (χ2v) is 4.16. The summed E-state index contributed by atoms with van der Waals surface area (Å²) in [6.45, 7) is 5.50. The molecule has 0 aliphatic carbocycles. The van der Waals surface area contributed by atoms with E-state index in [1.165, 1.54) is 18.0 Å². The first kappa shape index (κ1) is 12.1. The number of nitrogens with zero attached hydrogens (tertiary/aromatic N) is 2. The van der Waals surface area contributed by atoms with Gasteiger partial charge in [-0.1, -0.05) is 0 Å². The first-order valence-electron chi connectivity index (χ1n) is 5.93. The molecule has 3 N–H and O–H groups in total. The Balaban J connectivity index is 2.07. The average molecular weight is 240 g/mol. The van der Waals surface area contributed by atoms with E-state index in [9.17, 15) is 0 Å². The van der Waals surface area contributed by atoms with E-state index < -0.39 is 0 Å². The predicted octanol–water partition coefficient (Wildman–Crippen LogP) is -2.54. The van der Waals surface area contributed by atoms with Gasteiger partial charge in [0.05, 0.1) is 20.3 Å². The van der Waals surface area contributed by atoms with Crippen LogP contribution in [0.5, 0.6) is 11.8 Å². The summed E-state index contributed by atoms with van der Waals surface area (Å²) in [6, 6.07) is 1.70. The first-order valence-corrected chi connectivity index (χ1v) is 5.93. The second-order valence-electron chi connectivity index (χ2n) is 4.16. The highest BCUT2D eigenvalue weighted by molar-refractivity contribution is 5.20. The zero-order valence-electron chi connectivity index (χ0n) is 10.4. The predicted molar refractivity (Wildman–Crippen MR) is 61.2 cm³/mol. The molecule has 6 heteroatoms. The maximum Gasteiger partial charge on any atom is 0.220 e. The van der Waals surface area contributed by atoms with E-state index in [0.717, 1.165) is 25.5 Å². The molecule has 2 rings (SSSR count). The normalized spacial score (nSPS) is 16.8. The lowest BCUT2D eigenvalue weighted by atomic mass is 10.3. The molecule has 17 heavy (non-hydrogen) atoms. The SMILES string of the molecule is COc1cc(OC)nc(C[NH+]2CC[NH2+]CC2)n1. The van der Waals surface area contributed by atoms with Crippen LogP contribution in [0.25, 0.3) is 0 Å². The standard InChI is InChI=1S/C11H18N4O2/c1-16-10-7-11(17-2)14-9(13-10)8-15-5-3-12-4-6-15/h7,12H,3-6,8H2,1-2H3/p+2. The third-order valence-electron chi connectivity index (χ3n) is 2.96. The highest BCUT2D eigenvalue weighted by atomic mass is 16.5. The van der Waals surface area contributed by atoms with Gasteiger partial charge in [0.15, 0.2) is 5.82 Å². The number of methoxy groups -OCH3 is 2. The summed E-state index contributed by atoms with van der Waals surface area (Å²) in [7, 11) is 3.21. The Kier molecular flexibility index (Phi) is 4.11. The van der Waals surface area contributed by atoms with Gasteiger partial charge in [-0.05, 0) is 0 Å². The van der Waals surface area contributed by atoms with Crippen LogP contribution in [-0.2, 0) is 6.54 Å². The lowest BCUT2D eigenvalue weighted by Gasteiger charge is -2.21. The molecule has 0 bridgehead atoms. The number of hydrogen-bond donors (Lipinski definition) is 2. The molecule has 1 saturated heterocycles. The van der Waals surface area contributed by atoms with Crippen molar-refractivity contribution in [3.8, 4) is 11.8 Å². The quantitative estimate of drug-likeness (QED) is 0.608. The lowest BCUT2D eigenvalue weighted by molar-refractivity contribution is -0.958. The van der Waals surface area contributed by atoms with Gasteiger partial charge >= 0.3 is 0 Å². The van der Waals surface area contributed by atoms with E-state index in [1.54, 1.807) is 20.3 Å². The Morgan fingerprint density at radius 2 is 1.76 bits per heavy atom. The van der Waals surface area contributed by atoms with Crippen molar-refractivity contribution in [1.29, 1.82) is 0 Å². The number of aromatic nitrogens is 2. The minimum absolute atomic E-state index is 0.565. The zero-order valence-corrected chi connectivity index (χ0v) is 10.4. The van der Waals surface area contributed by atoms with Crippen molar-refractivity contribution in [3.63, 3.8) is 0 Å². The number of nitrogens with two attached hydrogens (primary N) is 1. The molecule has 1 aromatic rings. The molecule has 0 atom stereocenters. The molecule has 1 aromatic heterocycles. The summed E-state index contributed by atoms with van der Waals surface area (Å²) >= 11 is 0. The molecule has 2 heterocycles. The molecule has 0 spiro atoms. The monoisotopic (exact) mass is 240 g/mol. The average Bonchev–Trinajstić information content (AvgIpc) is 2.39. The van der Waals surface area contributed by atoms with Crippen LogP contribution in [0.4, 0.5) is 0 Å². The van der Waals surface area contributed by atoms with Crippen molar-refractivity contribution >= 4 is 0 Å². The van der Waals surface area contributed by atoms with Crippen LogP contribution < -0.4 is 19.7 Å². The molecule has 6 nitrogen and oxygen atoms in total. The summed E-state index contributed by atoms with van der Waals surface area (Å²) in [5.41, 5.74) is 0. The van der Waals surface area contributed by atoms with Gasteiger partial charge in [-0.3, -0.25) is 0 Å². The summed E-state index contributed by atoms with van der Waals surface area (Å²) in [5, 5.41) is 2.34. The van der Waals surface area contributed by atoms with E-state index >= 15 is 0 Å². The third-order valence-corrected chi connectivity index (χ3v) is 2.96. The molecule has 1 fully saturated rings. The summed E-state index contributed by atoms with van der Waals surface area (Å²) in [6.07, 6.45) is 0. The largest absolute Gasteiger partial charge is 0.481 e. The molecule has 0 unspecified atom stereocenters. The number of hydrogen-bond acceptors (Lipinski definition) is 4. The van der Waals surface area contributed by atoms with Crippen molar-refractivity contribution < 1.29 is 19.7 Å². The highest BCUT2D eigenvalue weighted by Crippen LogP contribution is 2.13. The fourth-order valence-electron chi connectivity index (χ4n) is 2.02. The van der Waals surface area contributed by atoms with Crippen LogP contribution in [0, 0.1) is 0 Å². The lowest BCUT2D eigenvalue weighted by Crippen LogP contribution is -3.19. The van der Waals surface area contributed by atoms with Gasteiger partial charge in [-0.2, -0.15) is 9.97 Å². The Labute approximate surface area is 101 Å². The summed E-state index contributed by atoms with van der Waals surface area (Å²) < 4.78 is 10.3. The van der Waals surface area contributed by atoms with Crippen LogP contribution in [0.2, 0.25) is 0 Å². The van der Waals surface area contributed by atoms with E-state index in [2.05, 4.69) is 15.3 Å². The van der Waals surface area contributed by atoms with E-state index in [0.29, 0.717) is 11.8 Å². The molecule has 1 aliphatic heterocycles. The van der Waals surface area contributed by atoms with Gasteiger partial charge in [0.25, 0.3) is 0 Å². The third kappa shape index (κ3) is 3.28. The minimum atomic E-state index is 0.565. The minimum Gasteiger partial charge on any atom is -0.481 e. The van der Waals surface area contributed by atoms with Gasteiger partial charge in [-0.25, -0.2) is 0 Å². The van der Waals surface area contributed by atoms with E-state index in [1.807, 2.05) is 0 Å². The Hall–Kier alpha value is -1.40. The fraction of sp³-hybridized carbons (Fsp3) is 0.636. The van der Waals surface area contributed by atoms with Crippen LogP contribution in [0.15, 0.2) is 6.07 Å². The van der Waals surface area contributed by atoms with Crippen molar-refractivity contribution in [1.82, 2.24) is 9.97 Å². The number of nitrogens with one attached hydrogen (secondary N) is 1. The Morgan fingerprint density at radius 1 is 1.18 bits per heavy atom. The molecule has 0 saturated carbocycles.